The number of nitrogen functional groups attached to an aromatic ring is 1. The molecule has 0 fully saturated rings. The summed E-state index contributed by atoms with van der Waals surface area (Å²) < 4.78 is 18.6. The van der Waals surface area contributed by atoms with Gasteiger partial charge in [-0.05, 0) is 25.0 Å². The Morgan fingerprint density at radius 3 is 2.72 bits per heavy atom. The molecule has 0 amide bonds. The Bertz CT molecular complexity index is 435. The molecule has 0 aromatic heterocycles. The monoisotopic (exact) mass is 271 g/mol. The van der Waals surface area contributed by atoms with Crippen molar-refractivity contribution in [2.45, 2.75) is 25.7 Å². The number of anilines is 1. The van der Waals surface area contributed by atoms with E-state index in [1.807, 2.05) is 0 Å². The van der Waals surface area contributed by atoms with Gasteiger partial charge in [0.15, 0.2) is 0 Å². The second-order valence-electron chi connectivity index (χ2n) is 4.30. The first kappa shape index (κ1) is 14.8. The highest BCUT2D eigenvalue weighted by Gasteiger charge is 2.15. The average Bonchev–Trinajstić information content (AvgIpc) is 2.27. The van der Waals surface area contributed by atoms with Crippen LogP contribution in [0.5, 0.6) is 0 Å². The number of thioether (sulfide) groups is 1. The van der Waals surface area contributed by atoms with Gasteiger partial charge in [-0.1, -0.05) is 13.8 Å². The van der Waals surface area contributed by atoms with Gasteiger partial charge in [0.25, 0.3) is 0 Å². The van der Waals surface area contributed by atoms with Crippen molar-refractivity contribution in [1.82, 2.24) is 0 Å². The van der Waals surface area contributed by atoms with Crippen molar-refractivity contribution < 1.29 is 13.9 Å². The van der Waals surface area contributed by atoms with Crippen LogP contribution in [0, 0.1) is 11.7 Å². The van der Waals surface area contributed by atoms with E-state index in [4.69, 9.17) is 10.5 Å². The topological polar surface area (TPSA) is 52.3 Å². The molecule has 0 bridgehead atoms. The Labute approximate surface area is 111 Å². The summed E-state index contributed by atoms with van der Waals surface area (Å²) in [7, 11) is 0. The summed E-state index contributed by atoms with van der Waals surface area (Å²) >= 11 is 1.38. The second kappa shape index (κ2) is 6.64. The molecular formula is C13H18FNO2S. The largest absolute Gasteiger partial charge is 0.462 e. The molecule has 1 rings (SSSR count). The number of hydrogen-bond donors (Lipinski definition) is 1. The van der Waals surface area contributed by atoms with Gasteiger partial charge in [-0.15, -0.1) is 11.8 Å². The van der Waals surface area contributed by atoms with Crippen LogP contribution in [0.2, 0.25) is 0 Å². The summed E-state index contributed by atoms with van der Waals surface area (Å²) in [6.45, 7) is 6.08. The number of nitrogens with two attached hydrogens (primary N) is 1. The standard InChI is InChI=1S/C13H18FNO2S/c1-4-17-13(16)9-5-12(18-7-8(2)3)10(14)6-11(9)15/h5-6,8H,4,7,15H2,1-3H3. The summed E-state index contributed by atoms with van der Waals surface area (Å²) in [6, 6.07) is 2.64. The number of halogens is 1. The lowest BCUT2D eigenvalue weighted by Crippen LogP contribution is -2.09. The molecule has 0 saturated heterocycles. The minimum absolute atomic E-state index is 0.111. The molecule has 0 spiro atoms. The van der Waals surface area contributed by atoms with Gasteiger partial charge in [0.1, 0.15) is 5.82 Å². The molecule has 0 radical (unpaired) electrons. The van der Waals surface area contributed by atoms with E-state index in [1.54, 1.807) is 6.92 Å². The molecule has 3 nitrogen and oxygen atoms in total. The molecule has 5 heteroatoms. The van der Waals surface area contributed by atoms with Gasteiger partial charge in [0.2, 0.25) is 0 Å². The Balaban J connectivity index is 2.98. The molecule has 0 aliphatic heterocycles. The molecule has 0 heterocycles. The Morgan fingerprint density at radius 2 is 2.17 bits per heavy atom. The number of rotatable bonds is 5. The normalized spacial score (nSPS) is 10.7. The third-order valence-corrected chi connectivity index (χ3v) is 3.63. The fraction of sp³-hybridized carbons (Fsp3) is 0.462. The van der Waals surface area contributed by atoms with Gasteiger partial charge in [0, 0.05) is 16.3 Å². The van der Waals surface area contributed by atoms with E-state index in [0.29, 0.717) is 10.8 Å². The van der Waals surface area contributed by atoms with Crippen LogP contribution in [0.25, 0.3) is 0 Å². The number of hydrogen-bond acceptors (Lipinski definition) is 4. The fourth-order valence-electron chi connectivity index (χ4n) is 1.32. The smallest absolute Gasteiger partial charge is 0.340 e. The third-order valence-electron chi connectivity index (χ3n) is 2.17. The zero-order valence-corrected chi connectivity index (χ0v) is 11.6. The lowest BCUT2D eigenvalue weighted by molar-refractivity contribution is 0.0527. The molecular weight excluding hydrogens is 253 g/mol. The summed E-state index contributed by atoms with van der Waals surface area (Å²) in [5.41, 5.74) is 5.96. The van der Waals surface area contributed by atoms with Crippen LogP contribution in [-0.2, 0) is 4.74 Å². The molecule has 2 N–H and O–H groups in total. The zero-order chi connectivity index (χ0) is 13.7. The quantitative estimate of drug-likeness (QED) is 0.507. The highest BCUT2D eigenvalue weighted by molar-refractivity contribution is 7.99. The Kier molecular flexibility index (Phi) is 5.47. The van der Waals surface area contributed by atoms with Gasteiger partial charge in [0.05, 0.1) is 12.2 Å². The lowest BCUT2D eigenvalue weighted by atomic mass is 10.2. The van der Waals surface area contributed by atoms with Crippen LogP contribution >= 0.6 is 11.8 Å². The predicted octanol–water partition coefficient (Wildman–Crippen LogP) is 3.33. The number of carbonyl (C=O) groups excluding carboxylic acids is 1. The van der Waals surface area contributed by atoms with Crippen molar-refractivity contribution in [3.8, 4) is 0 Å². The minimum Gasteiger partial charge on any atom is -0.462 e. The summed E-state index contributed by atoms with van der Waals surface area (Å²) in [6.07, 6.45) is 0. The zero-order valence-electron chi connectivity index (χ0n) is 10.8. The first-order valence-corrected chi connectivity index (χ1v) is 6.83. The van der Waals surface area contributed by atoms with Crippen molar-refractivity contribution in [2.75, 3.05) is 18.1 Å². The molecule has 1 aromatic rings. The molecule has 1 aromatic carbocycles. The maximum absolute atomic E-state index is 13.7. The molecule has 0 saturated carbocycles. The van der Waals surface area contributed by atoms with E-state index < -0.39 is 11.8 Å². The highest BCUT2D eigenvalue weighted by Crippen LogP contribution is 2.28. The van der Waals surface area contributed by atoms with Gasteiger partial charge in [-0.2, -0.15) is 0 Å². The highest BCUT2D eigenvalue weighted by atomic mass is 32.2. The van der Waals surface area contributed by atoms with Crippen molar-refractivity contribution in [3.05, 3.63) is 23.5 Å². The lowest BCUT2D eigenvalue weighted by Gasteiger charge is -2.10. The van der Waals surface area contributed by atoms with E-state index in [2.05, 4.69) is 13.8 Å². The molecule has 0 aliphatic carbocycles. The predicted molar refractivity (Wildman–Crippen MR) is 72.3 cm³/mol. The van der Waals surface area contributed by atoms with E-state index in [-0.39, 0.29) is 17.9 Å². The number of ether oxygens (including phenoxy) is 1. The first-order valence-electron chi connectivity index (χ1n) is 5.84. The van der Waals surface area contributed by atoms with Crippen molar-refractivity contribution in [1.29, 1.82) is 0 Å². The van der Waals surface area contributed by atoms with Crippen LogP contribution in [0.15, 0.2) is 17.0 Å². The molecule has 0 unspecified atom stereocenters. The minimum atomic E-state index is -0.513. The van der Waals surface area contributed by atoms with Crippen LogP contribution in [0.4, 0.5) is 10.1 Å². The van der Waals surface area contributed by atoms with Gasteiger partial charge in [-0.3, -0.25) is 0 Å². The first-order chi connectivity index (χ1) is 8.45. The summed E-state index contributed by atoms with van der Waals surface area (Å²) in [4.78, 5) is 12.1. The van der Waals surface area contributed by atoms with Crippen LogP contribution < -0.4 is 5.73 Å². The molecule has 0 atom stereocenters. The van der Waals surface area contributed by atoms with E-state index in [0.717, 1.165) is 5.75 Å². The van der Waals surface area contributed by atoms with E-state index >= 15 is 0 Å². The maximum Gasteiger partial charge on any atom is 0.340 e. The maximum atomic E-state index is 13.7. The van der Waals surface area contributed by atoms with Crippen molar-refractivity contribution in [2.24, 2.45) is 5.92 Å². The van der Waals surface area contributed by atoms with Crippen molar-refractivity contribution >= 4 is 23.4 Å². The molecule has 0 aliphatic rings. The Morgan fingerprint density at radius 1 is 1.50 bits per heavy atom. The molecule has 100 valence electrons. The van der Waals surface area contributed by atoms with Gasteiger partial charge in [-0.25, -0.2) is 9.18 Å². The van der Waals surface area contributed by atoms with Crippen LogP contribution in [-0.4, -0.2) is 18.3 Å². The number of esters is 1. The SMILES string of the molecule is CCOC(=O)c1cc(SCC(C)C)c(F)cc1N. The van der Waals surface area contributed by atoms with E-state index in [9.17, 15) is 9.18 Å². The third kappa shape index (κ3) is 3.91. The van der Waals surface area contributed by atoms with Gasteiger partial charge >= 0.3 is 5.97 Å². The average molecular weight is 271 g/mol. The summed E-state index contributed by atoms with van der Waals surface area (Å²) in [5.74, 6) is 0.314. The van der Waals surface area contributed by atoms with Crippen LogP contribution in [0.3, 0.4) is 0 Å². The number of carbonyl (C=O) groups is 1. The second-order valence-corrected chi connectivity index (χ2v) is 5.36. The van der Waals surface area contributed by atoms with Crippen LogP contribution in [0.1, 0.15) is 31.1 Å². The van der Waals surface area contributed by atoms with Gasteiger partial charge < -0.3 is 10.5 Å². The summed E-state index contributed by atoms with van der Waals surface area (Å²) in [5, 5.41) is 0. The van der Waals surface area contributed by atoms with Crippen molar-refractivity contribution in [3.63, 3.8) is 0 Å². The van der Waals surface area contributed by atoms with E-state index in [1.165, 1.54) is 23.9 Å². The fourth-order valence-corrected chi connectivity index (χ4v) is 2.23. The Hall–Kier alpha value is -1.23. The number of benzene rings is 1. The molecule has 18 heavy (non-hydrogen) atoms.